The molecule has 0 aromatic heterocycles. The molecule has 1 N–H and O–H groups in total. The maximum atomic E-state index is 11.5. The third-order valence-corrected chi connectivity index (χ3v) is 3.24. The Kier molecular flexibility index (Phi) is 4.36. The SMILES string of the molecule is CC(=NNC(=O)COc1ccc(Br)cc1)C1CC1. The molecule has 1 amide bonds. The molecular weight excluding hydrogens is 296 g/mol. The highest BCUT2D eigenvalue weighted by Crippen LogP contribution is 2.30. The van der Waals surface area contributed by atoms with Crippen LogP contribution in [0.1, 0.15) is 19.8 Å². The molecule has 0 spiro atoms. The Balaban J connectivity index is 1.74. The smallest absolute Gasteiger partial charge is 0.277 e. The molecule has 1 saturated carbocycles. The van der Waals surface area contributed by atoms with E-state index in [0.717, 1.165) is 10.2 Å². The van der Waals surface area contributed by atoms with E-state index < -0.39 is 0 Å². The van der Waals surface area contributed by atoms with Crippen LogP contribution >= 0.6 is 15.9 Å². The minimum Gasteiger partial charge on any atom is -0.484 e. The second-order valence-electron chi connectivity index (χ2n) is 4.31. The van der Waals surface area contributed by atoms with Gasteiger partial charge in [-0.2, -0.15) is 5.10 Å². The molecule has 18 heavy (non-hydrogen) atoms. The van der Waals surface area contributed by atoms with Crippen LogP contribution in [0.4, 0.5) is 0 Å². The van der Waals surface area contributed by atoms with Crippen molar-refractivity contribution in [3.63, 3.8) is 0 Å². The summed E-state index contributed by atoms with van der Waals surface area (Å²) in [6.45, 7) is 1.91. The van der Waals surface area contributed by atoms with Crippen LogP contribution in [0.5, 0.6) is 5.75 Å². The van der Waals surface area contributed by atoms with E-state index in [2.05, 4.69) is 26.5 Å². The van der Waals surface area contributed by atoms with Gasteiger partial charge in [0, 0.05) is 10.2 Å². The number of nitrogens with one attached hydrogen (secondary N) is 1. The zero-order valence-electron chi connectivity index (χ0n) is 10.1. The zero-order chi connectivity index (χ0) is 13.0. The summed E-state index contributed by atoms with van der Waals surface area (Å²) in [5, 5.41) is 4.04. The predicted octanol–water partition coefficient (Wildman–Crippen LogP) is 2.73. The largest absolute Gasteiger partial charge is 0.484 e. The number of amides is 1. The number of ether oxygens (including phenoxy) is 1. The number of benzene rings is 1. The average Bonchev–Trinajstić information content (AvgIpc) is 3.19. The normalized spacial score (nSPS) is 15.3. The Bertz CT molecular complexity index is 453. The lowest BCUT2D eigenvalue weighted by Gasteiger charge is -2.05. The van der Waals surface area contributed by atoms with Crippen LogP contribution in [-0.2, 0) is 4.79 Å². The van der Waals surface area contributed by atoms with Crippen LogP contribution in [0.3, 0.4) is 0 Å². The van der Waals surface area contributed by atoms with Gasteiger partial charge >= 0.3 is 0 Å². The first-order valence-corrected chi connectivity index (χ1v) is 6.66. The maximum Gasteiger partial charge on any atom is 0.277 e. The summed E-state index contributed by atoms with van der Waals surface area (Å²) >= 11 is 3.33. The van der Waals surface area contributed by atoms with Gasteiger partial charge in [-0.3, -0.25) is 4.79 Å². The first-order chi connectivity index (χ1) is 8.65. The second-order valence-corrected chi connectivity index (χ2v) is 5.22. The Morgan fingerprint density at radius 3 is 2.72 bits per heavy atom. The molecule has 0 atom stereocenters. The van der Waals surface area contributed by atoms with Crippen molar-refractivity contribution in [2.45, 2.75) is 19.8 Å². The summed E-state index contributed by atoms with van der Waals surface area (Å²) in [6, 6.07) is 7.33. The van der Waals surface area contributed by atoms with Crippen molar-refractivity contribution in [1.82, 2.24) is 5.43 Å². The van der Waals surface area contributed by atoms with Crippen molar-refractivity contribution in [2.75, 3.05) is 6.61 Å². The second kappa shape index (κ2) is 6.00. The van der Waals surface area contributed by atoms with Crippen molar-refractivity contribution in [3.8, 4) is 5.75 Å². The molecule has 0 bridgehead atoms. The van der Waals surface area contributed by atoms with E-state index in [9.17, 15) is 4.79 Å². The Labute approximate surface area is 115 Å². The topological polar surface area (TPSA) is 50.7 Å². The van der Waals surface area contributed by atoms with Gasteiger partial charge in [-0.25, -0.2) is 5.43 Å². The van der Waals surface area contributed by atoms with Gasteiger partial charge in [0.25, 0.3) is 5.91 Å². The lowest BCUT2D eigenvalue weighted by Crippen LogP contribution is -2.25. The number of nitrogens with zero attached hydrogens (tertiary/aromatic N) is 1. The molecule has 1 fully saturated rings. The molecule has 96 valence electrons. The van der Waals surface area contributed by atoms with Gasteiger partial charge in [-0.05, 0) is 49.9 Å². The van der Waals surface area contributed by atoms with Crippen LogP contribution in [0.15, 0.2) is 33.8 Å². The lowest BCUT2D eigenvalue weighted by molar-refractivity contribution is -0.123. The predicted molar refractivity (Wildman–Crippen MR) is 73.6 cm³/mol. The highest BCUT2D eigenvalue weighted by Gasteiger charge is 2.24. The standard InChI is InChI=1S/C13H15BrN2O2/c1-9(10-2-3-10)15-16-13(17)8-18-12-6-4-11(14)5-7-12/h4-7,10H,2-3,8H2,1H3,(H,16,17). The molecule has 1 aromatic carbocycles. The van der Waals surface area contributed by atoms with E-state index in [4.69, 9.17) is 4.74 Å². The van der Waals surface area contributed by atoms with Gasteiger partial charge in [0.15, 0.2) is 6.61 Å². The summed E-state index contributed by atoms with van der Waals surface area (Å²) in [5.74, 6) is 0.992. The van der Waals surface area contributed by atoms with Gasteiger partial charge in [0.05, 0.1) is 0 Å². The number of carbonyl (C=O) groups is 1. The van der Waals surface area contributed by atoms with Gasteiger partial charge in [-0.1, -0.05) is 15.9 Å². The van der Waals surface area contributed by atoms with Crippen molar-refractivity contribution >= 4 is 27.5 Å². The van der Waals surface area contributed by atoms with Crippen LogP contribution in [0.2, 0.25) is 0 Å². The molecule has 1 aliphatic carbocycles. The van der Waals surface area contributed by atoms with Crippen molar-refractivity contribution < 1.29 is 9.53 Å². The third kappa shape index (κ3) is 4.14. The monoisotopic (exact) mass is 310 g/mol. The molecule has 5 heteroatoms. The number of carbonyl (C=O) groups excluding carboxylic acids is 1. The molecule has 0 radical (unpaired) electrons. The van der Waals surface area contributed by atoms with Crippen molar-refractivity contribution in [3.05, 3.63) is 28.7 Å². The molecule has 4 nitrogen and oxygen atoms in total. The number of halogens is 1. The van der Waals surface area contributed by atoms with Gasteiger partial charge in [0.2, 0.25) is 0 Å². The van der Waals surface area contributed by atoms with E-state index in [1.54, 1.807) is 12.1 Å². The van der Waals surface area contributed by atoms with E-state index in [0.29, 0.717) is 11.7 Å². The minimum absolute atomic E-state index is 0.0247. The van der Waals surface area contributed by atoms with Crippen molar-refractivity contribution in [1.29, 1.82) is 0 Å². The number of hydrogen-bond donors (Lipinski definition) is 1. The van der Waals surface area contributed by atoms with Crippen LogP contribution in [0, 0.1) is 5.92 Å². The fraction of sp³-hybridized carbons (Fsp3) is 0.385. The summed E-state index contributed by atoms with van der Waals surface area (Å²) in [5.41, 5.74) is 3.49. The van der Waals surface area contributed by atoms with Gasteiger partial charge in [0.1, 0.15) is 5.75 Å². The fourth-order valence-corrected chi connectivity index (χ4v) is 1.72. The molecule has 0 heterocycles. The molecule has 0 saturated heterocycles. The van der Waals surface area contributed by atoms with E-state index >= 15 is 0 Å². The first-order valence-electron chi connectivity index (χ1n) is 5.86. The number of rotatable bonds is 5. The highest BCUT2D eigenvalue weighted by atomic mass is 79.9. The minimum atomic E-state index is -0.238. The number of hydrogen-bond acceptors (Lipinski definition) is 3. The Morgan fingerprint density at radius 1 is 1.44 bits per heavy atom. The van der Waals surface area contributed by atoms with Crippen LogP contribution in [0.25, 0.3) is 0 Å². The third-order valence-electron chi connectivity index (χ3n) is 2.71. The van der Waals surface area contributed by atoms with E-state index in [-0.39, 0.29) is 12.5 Å². The first kappa shape index (κ1) is 13.1. The van der Waals surface area contributed by atoms with Crippen molar-refractivity contribution in [2.24, 2.45) is 11.0 Å². The van der Waals surface area contributed by atoms with Crippen LogP contribution < -0.4 is 10.2 Å². The van der Waals surface area contributed by atoms with E-state index in [1.807, 2.05) is 19.1 Å². The summed E-state index contributed by atoms with van der Waals surface area (Å²) in [6.07, 6.45) is 2.36. The molecular formula is C13H15BrN2O2. The highest BCUT2D eigenvalue weighted by molar-refractivity contribution is 9.10. The lowest BCUT2D eigenvalue weighted by atomic mass is 10.3. The van der Waals surface area contributed by atoms with Crippen LogP contribution in [-0.4, -0.2) is 18.2 Å². The quantitative estimate of drug-likeness (QED) is 0.671. The summed E-state index contributed by atoms with van der Waals surface area (Å²) in [4.78, 5) is 11.5. The maximum absolute atomic E-state index is 11.5. The molecule has 2 rings (SSSR count). The van der Waals surface area contributed by atoms with E-state index in [1.165, 1.54) is 12.8 Å². The number of hydrazone groups is 1. The average molecular weight is 311 g/mol. The Hall–Kier alpha value is -1.36. The van der Waals surface area contributed by atoms with Gasteiger partial charge in [-0.15, -0.1) is 0 Å². The Morgan fingerprint density at radius 2 is 2.11 bits per heavy atom. The summed E-state index contributed by atoms with van der Waals surface area (Å²) < 4.78 is 6.30. The fourth-order valence-electron chi connectivity index (χ4n) is 1.45. The molecule has 1 aliphatic rings. The summed E-state index contributed by atoms with van der Waals surface area (Å²) in [7, 11) is 0. The van der Waals surface area contributed by atoms with Gasteiger partial charge < -0.3 is 4.74 Å². The molecule has 0 aliphatic heterocycles. The zero-order valence-corrected chi connectivity index (χ0v) is 11.7. The molecule has 0 unspecified atom stereocenters. The molecule has 1 aromatic rings.